The van der Waals surface area contributed by atoms with Crippen molar-refractivity contribution < 1.29 is 17.2 Å². The summed E-state index contributed by atoms with van der Waals surface area (Å²) in [6.07, 6.45) is -1.88. The Morgan fingerprint density at radius 3 is 2.43 bits per heavy atom. The van der Waals surface area contributed by atoms with E-state index in [4.69, 9.17) is 10.7 Å². The second-order valence-electron chi connectivity index (χ2n) is 2.29. The van der Waals surface area contributed by atoms with Gasteiger partial charge >= 0.3 is 0 Å². The number of nitrogens with zero attached hydrogens (tertiary/aromatic N) is 1. The highest BCUT2D eigenvalue weighted by Crippen LogP contribution is 2.24. The maximum atomic E-state index is 12.1. The molecule has 0 fully saturated rings. The Labute approximate surface area is 97.0 Å². The zero-order chi connectivity index (χ0) is 10.9. The number of aromatic nitrogens is 1. The van der Waals surface area contributed by atoms with E-state index >= 15 is 0 Å². The highest BCUT2D eigenvalue weighted by atomic mass is 127. The summed E-state index contributed by atoms with van der Waals surface area (Å²) in [5, 5.41) is -0.399. The maximum Gasteiger partial charge on any atom is 0.279 e. The summed E-state index contributed by atoms with van der Waals surface area (Å²) in [4.78, 5) is 3.36. The van der Waals surface area contributed by atoms with Crippen molar-refractivity contribution >= 4 is 42.3 Å². The van der Waals surface area contributed by atoms with Crippen LogP contribution in [0.5, 0.6) is 0 Å². The number of rotatable bonds is 2. The lowest BCUT2D eigenvalue weighted by Gasteiger charge is -2.02. The van der Waals surface area contributed by atoms with Crippen LogP contribution >= 0.6 is 33.3 Å². The largest absolute Gasteiger partial charge is 0.279 e. The van der Waals surface area contributed by atoms with Crippen LogP contribution in [0.25, 0.3) is 0 Å². The van der Waals surface area contributed by atoms with Gasteiger partial charge in [0.15, 0.2) is 5.03 Å². The van der Waals surface area contributed by atoms with E-state index in [-0.39, 0.29) is 9.13 Å². The summed E-state index contributed by atoms with van der Waals surface area (Å²) in [6, 6.07) is 1.04. The van der Waals surface area contributed by atoms with Crippen LogP contribution < -0.4 is 0 Å². The first kappa shape index (κ1) is 12.1. The minimum atomic E-state index is -3.97. The molecule has 3 nitrogen and oxygen atoms in total. The van der Waals surface area contributed by atoms with E-state index in [9.17, 15) is 17.2 Å². The van der Waals surface area contributed by atoms with Gasteiger partial charge in [-0.2, -0.15) is 0 Å². The number of hydrogen-bond acceptors (Lipinski definition) is 3. The SMILES string of the molecule is O=S(=O)(Cl)c1ncc(C(F)F)cc1I. The lowest BCUT2D eigenvalue weighted by molar-refractivity contribution is 0.150. The first-order chi connectivity index (χ1) is 6.32. The Morgan fingerprint density at radius 1 is 1.50 bits per heavy atom. The van der Waals surface area contributed by atoms with Gasteiger partial charge in [0.05, 0.1) is 3.57 Å². The van der Waals surface area contributed by atoms with E-state index in [0.29, 0.717) is 0 Å². The molecule has 0 saturated heterocycles. The molecule has 0 radical (unpaired) electrons. The second-order valence-corrected chi connectivity index (χ2v) is 5.94. The molecule has 1 aromatic heterocycles. The molecule has 0 bridgehead atoms. The normalized spacial score (nSPS) is 12.1. The number of hydrogen-bond donors (Lipinski definition) is 0. The number of halogens is 4. The average molecular weight is 354 g/mol. The molecule has 8 heteroatoms. The van der Waals surface area contributed by atoms with Crippen molar-refractivity contribution in [2.24, 2.45) is 0 Å². The molecule has 0 atom stereocenters. The van der Waals surface area contributed by atoms with Crippen molar-refractivity contribution in [1.29, 1.82) is 0 Å². The van der Waals surface area contributed by atoms with Crippen LogP contribution in [0.2, 0.25) is 0 Å². The van der Waals surface area contributed by atoms with Gasteiger partial charge in [-0.15, -0.1) is 0 Å². The Morgan fingerprint density at radius 2 is 2.07 bits per heavy atom. The van der Waals surface area contributed by atoms with Crippen molar-refractivity contribution in [3.8, 4) is 0 Å². The fourth-order valence-electron chi connectivity index (χ4n) is 0.739. The van der Waals surface area contributed by atoms with E-state index in [0.717, 1.165) is 12.3 Å². The van der Waals surface area contributed by atoms with Crippen LogP contribution in [0.1, 0.15) is 12.0 Å². The molecule has 1 aromatic rings. The molecule has 0 saturated carbocycles. The molecule has 0 aromatic carbocycles. The van der Waals surface area contributed by atoms with Gasteiger partial charge in [-0.1, -0.05) is 0 Å². The van der Waals surface area contributed by atoms with Gasteiger partial charge in [-0.3, -0.25) is 0 Å². The summed E-state index contributed by atoms with van der Waals surface area (Å²) in [6.45, 7) is 0. The molecular formula is C6H3ClF2INO2S. The highest BCUT2D eigenvalue weighted by Gasteiger charge is 2.18. The van der Waals surface area contributed by atoms with Gasteiger partial charge in [0.25, 0.3) is 15.5 Å². The maximum absolute atomic E-state index is 12.1. The van der Waals surface area contributed by atoms with Crippen LogP contribution in [0, 0.1) is 3.57 Å². The van der Waals surface area contributed by atoms with Gasteiger partial charge in [0, 0.05) is 22.4 Å². The standard InChI is InChI=1S/C6H3ClF2INO2S/c7-14(12,13)6-4(10)1-3(2-11-6)5(8)9/h1-2,5H. The highest BCUT2D eigenvalue weighted by molar-refractivity contribution is 14.1. The summed E-state index contributed by atoms with van der Waals surface area (Å²) in [7, 11) is 1.05. The minimum absolute atomic E-state index is 0.0791. The molecule has 1 heterocycles. The fourth-order valence-corrected chi connectivity index (χ4v) is 3.34. The van der Waals surface area contributed by atoms with Crippen molar-refractivity contribution in [3.63, 3.8) is 0 Å². The van der Waals surface area contributed by atoms with Crippen LogP contribution in [0.4, 0.5) is 8.78 Å². The van der Waals surface area contributed by atoms with E-state index in [1.165, 1.54) is 0 Å². The fraction of sp³-hybridized carbons (Fsp3) is 0.167. The molecule has 0 aliphatic rings. The Balaban J connectivity index is 3.28. The van der Waals surface area contributed by atoms with Crippen molar-refractivity contribution in [2.45, 2.75) is 11.5 Å². The summed E-state index contributed by atoms with van der Waals surface area (Å²) < 4.78 is 46.1. The molecule has 1 rings (SSSR count). The third-order valence-corrected chi connectivity index (χ3v) is 3.73. The molecule has 0 N–H and O–H groups in total. The molecule has 0 unspecified atom stereocenters. The topological polar surface area (TPSA) is 47.0 Å². The van der Waals surface area contributed by atoms with E-state index in [1.54, 1.807) is 22.6 Å². The molecular weight excluding hydrogens is 350 g/mol. The van der Waals surface area contributed by atoms with E-state index in [2.05, 4.69) is 4.98 Å². The Hall–Kier alpha value is -0.0200. The average Bonchev–Trinajstić information content (AvgIpc) is 2.01. The lowest BCUT2D eigenvalue weighted by Crippen LogP contribution is -2.00. The van der Waals surface area contributed by atoms with Gasteiger partial charge in [0.2, 0.25) is 0 Å². The van der Waals surface area contributed by atoms with Crippen LogP contribution in [0.3, 0.4) is 0 Å². The Bertz CT molecular complexity index is 451. The molecule has 0 aliphatic heterocycles. The molecule has 0 amide bonds. The number of pyridine rings is 1. The smallest absolute Gasteiger partial charge is 0.242 e. The second kappa shape index (κ2) is 4.23. The zero-order valence-electron chi connectivity index (χ0n) is 6.42. The first-order valence-corrected chi connectivity index (χ1v) is 6.59. The molecule has 14 heavy (non-hydrogen) atoms. The number of alkyl halides is 2. The third kappa shape index (κ3) is 2.74. The monoisotopic (exact) mass is 353 g/mol. The van der Waals surface area contributed by atoms with Crippen LogP contribution in [0.15, 0.2) is 17.3 Å². The Kier molecular flexibility index (Phi) is 3.64. The third-order valence-electron chi connectivity index (χ3n) is 1.31. The van der Waals surface area contributed by atoms with Crippen molar-refractivity contribution in [2.75, 3.05) is 0 Å². The quantitative estimate of drug-likeness (QED) is 0.606. The predicted octanol–water partition coefficient (Wildman–Crippen LogP) is 2.55. The molecule has 0 spiro atoms. The summed E-state index contributed by atoms with van der Waals surface area (Å²) in [5.41, 5.74) is -0.335. The van der Waals surface area contributed by atoms with Gasteiger partial charge in [-0.25, -0.2) is 22.2 Å². The van der Waals surface area contributed by atoms with Crippen molar-refractivity contribution in [3.05, 3.63) is 21.4 Å². The zero-order valence-corrected chi connectivity index (χ0v) is 10.1. The van der Waals surface area contributed by atoms with Crippen LogP contribution in [-0.2, 0) is 9.05 Å². The van der Waals surface area contributed by atoms with Gasteiger partial charge in [-0.05, 0) is 28.7 Å². The van der Waals surface area contributed by atoms with Crippen molar-refractivity contribution in [1.82, 2.24) is 4.98 Å². The van der Waals surface area contributed by atoms with Crippen LogP contribution in [-0.4, -0.2) is 13.4 Å². The minimum Gasteiger partial charge on any atom is -0.242 e. The van der Waals surface area contributed by atoms with E-state index in [1.807, 2.05) is 0 Å². The van der Waals surface area contributed by atoms with Gasteiger partial charge in [0.1, 0.15) is 0 Å². The first-order valence-electron chi connectivity index (χ1n) is 3.20. The molecule has 0 aliphatic carbocycles. The predicted molar refractivity (Wildman–Crippen MR) is 54.9 cm³/mol. The lowest BCUT2D eigenvalue weighted by atomic mass is 10.3. The van der Waals surface area contributed by atoms with Gasteiger partial charge < -0.3 is 0 Å². The summed E-state index contributed by atoms with van der Waals surface area (Å²) in [5.74, 6) is 0. The molecule has 78 valence electrons. The summed E-state index contributed by atoms with van der Waals surface area (Å²) >= 11 is 1.59. The van der Waals surface area contributed by atoms with E-state index < -0.39 is 20.5 Å².